The Hall–Kier alpha value is -2.95. The molecule has 27 heavy (non-hydrogen) atoms. The zero-order valence-corrected chi connectivity index (χ0v) is 16.2. The van der Waals surface area contributed by atoms with Crippen LogP contribution in [0, 0.1) is 0 Å². The van der Waals surface area contributed by atoms with E-state index in [0.29, 0.717) is 29.5 Å². The van der Waals surface area contributed by atoms with E-state index < -0.39 is 0 Å². The Kier molecular flexibility index (Phi) is 8.23. The fraction of sp³-hybridized carbons (Fsp3) is 0.318. The van der Waals surface area contributed by atoms with Crippen LogP contribution in [0.4, 0.5) is 5.69 Å². The standard InChI is InChI=1S/C22H27NO4/c1-4-5-6-14-27-20-12-10-17(15-21(20)26-3)11-13-22(24)23-18-8-7-9-19(16-18)25-2/h7-13,15-16H,4-6,14H2,1-3H3,(H,23,24). The third kappa shape index (κ3) is 6.70. The number of rotatable bonds is 10. The summed E-state index contributed by atoms with van der Waals surface area (Å²) in [5.74, 6) is 1.84. The molecule has 0 heterocycles. The maximum Gasteiger partial charge on any atom is 0.248 e. The van der Waals surface area contributed by atoms with Gasteiger partial charge in [0.2, 0.25) is 5.91 Å². The molecule has 2 rings (SSSR count). The van der Waals surface area contributed by atoms with Gasteiger partial charge in [-0.25, -0.2) is 0 Å². The van der Waals surface area contributed by atoms with Gasteiger partial charge in [-0.2, -0.15) is 0 Å². The van der Waals surface area contributed by atoms with E-state index in [-0.39, 0.29) is 5.91 Å². The zero-order chi connectivity index (χ0) is 19.5. The quantitative estimate of drug-likeness (QED) is 0.477. The fourth-order valence-corrected chi connectivity index (χ4v) is 2.50. The molecule has 0 saturated heterocycles. The van der Waals surface area contributed by atoms with Crippen LogP contribution >= 0.6 is 0 Å². The second-order valence-corrected chi connectivity index (χ2v) is 6.02. The summed E-state index contributed by atoms with van der Waals surface area (Å²) in [5.41, 5.74) is 1.53. The first-order valence-electron chi connectivity index (χ1n) is 9.10. The molecule has 0 aliphatic heterocycles. The van der Waals surface area contributed by atoms with Gasteiger partial charge in [-0.15, -0.1) is 0 Å². The molecule has 0 fully saturated rings. The highest BCUT2D eigenvalue weighted by Crippen LogP contribution is 2.28. The lowest BCUT2D eigenvalue weighted by Gasteiger charge is -2.11. The van der Waals surface area contributed by atoms with Gasteiger partial charge in [-0.3, -0.25) is 4.79 Å². The molecule has 0 atom stereocenters. The minimum absolute atomic E-state index is 0.220. The molecule has 2 aromatic carbocycles. The van der Waals surface area contributed by atoms with E-state index in [2.05, 4.69) is 12.2 Å². The van der Waals surface area contributed by atoms with Gasteiger partial charge in [0.1, 0.15) is 5.75 Å². The van der Waals surface area contributed by atoms with Gasteiger partial charge in [0.05, 0.1) is 20.8 Å². The lowest BCUT2D eigenvalue weighted by Crippen LogP contribution is -2.07. The molecular formula is C22H27NO4. The lowest BCUT2D eigenvalue weighted by molar-refractivity contribution is -0.111. The molecule has 5 heteroatoms. The van der Waals surface area contributed by atoms with Gasteiger partial charge in [-0.1, -0.05) is 31.9 Å². The van der Waals surface area contributed by atoms with E-state index in [1.54, 1.807) is 26.4 Å². The second-order valence-electron chi connectivity index (χ2n) is 6.02. The molecule has 1 amide bonds. The number of ether oxygens (including phenoxy) is 3. The van der Waals surface area contributed by atoms with E-state index in [1.807, 2.05) is 36.4 Å². The Morgan fingerprint density at radius 1 is 1.04 bits per heavy atom. The number of carbonyl (C=O) groups excluding carboxylic acids is 1. The smallest absolute Gasteiger partial charge is 0.248 e. The number of hydrogen-bond donors (Lipinski definition) is 1. The largest absolute Gasteiger partial charge is 0.497 e. The normalized spacial score (nSPS) is 10.6. The van der Waals surface area contributed by atoms with Gasteiger partial charge in [0.15, 0.2) is 11.5 Å². The Morgan fingerprint density at radius 3 is 2.63 bits per heavy atom. The molecule has 0 saturated carbocycles. The van der Waals surface area contributed by atoms with Crippen LogP contribution in [-0.2, 0) is 4.79 Å². The van der Waals surface area contributed by atoms with Crippen molar-refractivity contribution in [3.8, 4) is 17.2 Å². The SMILES string of the molecule is CCCCCOc1ccc(C=CC(=O)Nc2cccc(OC)c2)cc1OC. The van der Waals surface area contributed by atoms with E-state index >= 15 is 0 Å². The minimum atomic E-state index is -0.220. The summed E-state index contributed by atoms with van der Waals surface area (Å²) in [4.78, 5) is 12.1. The number of anilines is 1. The Bertz CT molecular complexity index is 771. The molecular weight excluding hydrogens is 342 g/mol. The number of nitrogens with one attached hydrogen (secondary N) is 1. The molecule has 2 aromatic rings. The second kappa shape index (κ2) is 10.9. The molecule has 0 aromatic heterocycles. The molecule has 1 N–H and O–H groups in total. The number of methoxy groups -OCH3 is 2. The number of unbranched alkanes of at least 4 members (excludes halogenated alkanes) is 2. The van der Waals surface area contributed by atoms with Crippen LogP contribution in [0.2, 0.25) is 0 Å². The van der Waals surface area contributed by atoms with Crippen LogP contribution in [0.15, 0.2) is 48.5 Å². The highest BCUT2D eigenvalue weighted by Gasteiger charge is 2.05. The fourth-order valence-electron chi connectivity index (χ4n) is 2.50. The summed E-state index contributed by atoms with van der Waals surface area (Å²) in [6, 6.07) is 12.8. The number of hydrogen-bond acceptors (Lipinski definition) is 4. The van der Waals surface area contributed by atoms with Gasteiger partial charge in [0, 0.05) is 17.8 Å². The third-order valence-corrected chi connectivity index (χ3v) is 3.96. The molecule has 0 spiro atoms. The zero-order valence-electron chi connectivity index (χ0n) is 16.2. The van der Waals surface area contributed by atoms with Crippen LogP contribution in [0.25, 0.3) is 6.08 Å². The predicted molar refractivity (Wildman–Crippen MR) is 109 cm³/mol. The van der Waals surface area contributed by atoms with Crippen molar-refractivity contribution in [2.24, 2.45) is 0 Å². The Balaban J connectivity index is 1.97. The summed E-state index contributed by atoms with van der Waals surface area (Å²) in [5, 5.41) is 2.81. The van der Waals surface area contributed by atoms with Crippen molar-refractivity contribution < 1.29 is 19.0 Å². The van der Waals surface area contributed by atoms with Crippen LogP contribution < -0.4 is 19.5 Å². The molecule has 0 unspecified atom stereocenters. The number of carbonyl (C=O) groups is 1. The van der Waals surface area contributed by atoms with Crippen LogP contribution in [0.1, 0.15) is 31.7 Å². The maximum absolute atomic E-state index is 12.1. The van der Waals surface area contributed by atoms with Crippen molar-refractivity contribution in [2.75, 3.05) is 26.1 Å². The van der Waals surface area contributed by atoms with Gasteiger partial charge in [0.25, 0.3) is 0 Å². The van der Waals surface area contributed by atoms with Crippen LogP contribution in [0.5, 0.6) is 17.2 Å². The monoisotopic (exact) mass is 369 g/mol. The topological polar surface area (TPSA) is 56.8 Å². The van der Waals surface area contributed by atoms with Gasteiger partial charge in [-0.05, 0) is 42.3 Å². The van der Waals surface area contributed by atoms with E-state index in [0.717, 1.165) is 24.8 Å². The van der Waals surface area contributed by atoms with Gasteiger partial charge >= 0.3 is 0 Å². The van der Waals surface area contributed by atoms with Crippen LogP contribution in [-0.4, -0.2) is 26.7 Å². The van der Waals surface area contributed by atoms with Crippen molar-refractivity contribution in [1.29, 1.82) is 0 Å². The van der Waals surface area contributed by atoms with Crippen molar-refractivity contribution in [3.63, 3.8) is 0 Å². The highest BCUT2D eigenvalue weighted by atomic mass is 16.5. The first kappa shape index (κ1) is 20.4. The molecule has 0 aliphatic carbocycles. The van der Waals surface area contributed by atoms with Crippen molar-refractivity contribution in [1.82, 2.24) is 0 Å². The Morgan fingerprint density at radius 2 is 1.89 bits per heavy atom. The Labute approximate surface area is 161 Å². The summed E-state index contributed by atoms with van der Waals surface area (Å²) in [6.07, 6.45) is 6.54. The summed E-state index contributed by atoms with van der Waals surface area (Å²) in [6.45, 7) is 2.83. The molecule has 144 valence electrons. The van der Waals surface area contributed by atoms with Crippen molar-refractivity contribution in [2.45, 2.75) is 26.2 Å². The van der Waals surface area contributed by atoms with E-state index in [1.165, 1.54) is 6.08 Å². The summed E-state index contributed by atoms with van der Waals surface area (Å²) < 4.78 is 16.3. The predicted octanol–water partition coefficient (Wildman–Crippen LogP) is 4.92. The van der Waals surface area contributed by atoms with E-state index in [9.17, 15) is 4.79 Å². The minimum Gasteiger partial charge on any atom is -0.497 e. The number of benzene rings is 2. The van der Waals surface area contributed by atoms with Gasteiger partial charge < -0.3 is 19.5 Å². The first-order valence-corrected chi connectivity index (χ1v) is 9.10. The molecule has 0 bridgehead atoms. The average Bonchev–Trinajstić information content (AvgIpc) is 2.70. The first-order chi connectivity index (χ1) is 13.2. The molecule has 5 nitrogen and oxygen atoms in total. The number of amides is 1. The lowest BCUT2D eigenvalue weighted by atomic mass is 10.2. The van der Waals surface area contributed by atoms with Crippen molar-refractivity contribution in [3.05, 3.63) is 54.1 Å². The summed E-state index contributed by atoms with van der Waals surface area (Å²) in [7, 11) is 3.20. The summed E-state index contributed by atoms with van der Waals surface area (Å²) >= 11 is 0. The third-order valence-electron chi connectivity index (χ3n) is 3.96. The molecule has 0 aliphatic rings. The molecule has 0 radical (unpaired) electrons. The average molecular weight is 369 g/mol. The van der Waals surface area contributed by atoms with Crippen LogP contribution in [0.3, 0.4) is 0 Å². The highest BCUT2D eigenvalue weighted by molar-refractivity contribution is 6.02. The van der Waals surface area contributed by atoms with E-state index in [4.69, 9.17) is 14.2 Å². The van der Waals surface area contributed by atoms with Crippen molar-refractivity contribution >= 4 is 17.7 Å². The maximum atomic E-state index is 12.1.